The second-order valence-corrected chi connectivity index (χ2v) is 5.29. The molecule has 0 saturated heterocycles. The van der Waals surface area contributed by atoms with Crippen molar-refractivity contribution in [2.75, 3.05) is 0 Å². The zero-order valence-electron chi connectivity index (χ0n) is 9.72. The van der Waals surface area contributed by atoms with E-state index in [-0.39, 0.29) is 11.8 Å². The zero-order valence-corrected chi connectivity index (χ0v) is 11.9. The van der Waals surface area contributed by atoms with Gasteiger partial charge in [0.1, 0.15) is 6.04 Å². The van der Waals surface area contributed by atoms with Gasteiger partial charge in [-0.2, -0.15) is 5.10 Å². The first-order chi connectivity index (χ1) is 8.08. The lowest BCUT2D eigenvalue weighted by molar-refractivity contribution is 0.0928. The first-order valence-electron chi connectivity index (χ1n) is 5.38. The first kappa shape index (κ1) is 12.3. The molecule has 0 spiro atoms. The molecule has 0 bridgehead atoms. The zero-order chi connectivity index (χ0) is 12.4. The minimum atomic E-state index is -0.263. The van der Waals surface area contributed by atoms with Gasteiger partial charge in [-0.1, -0.05) is 29.8 Å². The number of halogens is 1. The van der Waals surface area contributed by atoms with Crippen LogP contribution in [0.2, 0.25) is 0 Å². The molecule has 0 aliphatic carbocycles. The Hall–Kier alpha value is -1.17. The highest BCUT2D eigenvalue weighted by atomic mass is 127. The van der Waals surface area contributed by atoms with Gasteiger partial charge >= 0.3 is 0 Å². The van der Waals surface area contributed by atoms with Gasteiger partial charge in [-0.25, -0.2) is 0 Å². The molecular formula is C13H13IN2O. The molecule has 17 heavy (non-hydrogen) atoms. The minimum Gasteiger partial charge on any atom is -0.292 e. The largest absolute Gasteiger partial charge is 0.292 e. The van der Waals surface area contributed by atoms with Crippen LogP contribution in [0.3, 0.4) is 0 Å². The summed E-state index contributed by atoms with van der Waals surface area (Å²) in [6.45, 7) is 3.87. The van der Waals surface area contributed by atoms with E-state index in [0.29, 0.717) is 0 Å². The molecule has 0 saturated carbocycles. The molecule has 1 atom stereocenters. The van der Waals surface area contributed by atoms with Crippen LogP contribution in [0.4, 0.5) is 0 Å². The highest BCUT2D eigenvalue weighted by Crippen LogP contribution is 2.15. The summed E-state index contributed by atoms with van der Waals surface area (Å²) in [7, 11) is 0. The van der Waals surface area contributed by atoms with Crippen molar-refractivity contribution in [1.29, 1.82) is 0 Å². The van der Waals surface area contributed by atoms with E-state index in [9.17, 15) is 4.79 Å². The molecule has 2 aromatic rings. The smallest absolute Gasteiger partial charge is 0.187 e. The second-order valence-electron chi connectivity index (χ2n) is 4.04. The molecule has 0 aliphatic heterocycles. The van der Waals surface area contributed by atoms with E-state index in [4.69, 9.17) is 0 Å². The van der Waals surface area contributed by atoms with Gasteiger partial charge < -0.3 is 0 Å². The topological polar surface area (TPSA) is 34.9 Å². The molecule has 4 heteroatoms. The molecule has 0 N–H and O–H groups in total. The molecule has 1 aromatic heterocycles. The van der Waals surface area contributed by atoms with Crippen molar-refractivity contribution in [1.82, 2.24) is 9.78 Å². The summed E-state index contributed by atoms with van der Waals surface area (Å²) in [5.74, 6) is 0.0875. The molecule has 0 amide bonds. The standard InChI is InChI=1S/C13H13IN2O/c1-9-3-5-11(6-4-9)13(17)10(2)16-8-12(14)7-15-16/h3-8,10H,1-2H3. The van der Waals surface area contributed by atoms with E-state index in [1.165, 1.54) is 0 Å². The van der Waals surface area contributed by atoms with Gasteiger partial charge in [0.05, 0.1) is 9.77 Å². The Kier molecular flexibility index (Phi) is 3.61. The van der Waals surface area contributed by atoms with Crippen molar-refractivity contribution >= 4 is 28.4 Å². The van der Waals surface area contributed by atoms with Gasteiger partial charge in [0.2, 0.25) is 0 Å². The number of aryl methyl sites for hydroxylation is 1. The molecule has 1 unspecified atom stereocenters. The molecule has 3 nitrogen and oxygen atoms in total. The maximum Gasteiger partial charge on any atom is 0.187 e. The molecule has 1 aromatic carbocycles. The lowest BCUT2D eigenvalue weighted by Gasteiger charge is -2.11. The van der Waals surface area contributed by atoms with Crippen LogP contribution in [-0.2, 0) is 0 Å². The van der Waals surface area contributed by atoms with Gasteiger partial charge in [-0.3, -0.25) is 9.48 Å². The van der Waals surface area contributed by atoms with E-state index in [0.717, 1.165) is 14.7 Å². The van der Waals surface area contributed by atoms with Crippen LogP contribution >= 0.6 is 22.6 Å². The SMILES string of the molecule is Cc1ccc(C(=O)C(C)n2cc(I)cn2)cc1. The third-order valence-corrected chi connectivity index (χ3v) is 3.24. The average molecular weight is 340 g/mol. The highest BCUT2D eigenvalue weighted by Gasteiger charge is 2.17. The number of Topliss-reactive ketones (excluding diaryl/α,β-unsaturated/α-hetero) is 1. The predicted octanol–water partition coefficient (Wildman–Crippen LogP) is 3.24. The average Bonchev–Trinajstić information content (AvgIpc) is 2.75. The van der Waals surface area contributed by atoms with Gasteiger partial charge in [0.15, 0.2) is 5.78 Å². The van der Waals surface area contributed by atoms with Crippen LogP contribution < -0.4 is 0 Å². The van der Waals surface area contributed by atoms with Crippen molar-refractivity contribution < 1.29 is 4.79 Å². The Morgan fingerprint density at radius 3 is 2.53 bits per heavy atom. The number of carbonyl (C=O) groups is 1. The number of hydrogen-bond donors (Lipinski definition) is 0. The van der Waals surface area contributed by atoms with Crippen molar-refractivity contribution in [3.63, 3.8) is 0 Å². The maximum absolute atomic E-state index is 12.2. The number of benzene rings is 1. The number of nitrogens with zero attached hydrogens (tertiary/aromatic N) is 2. The fourth-order valence-electron chi connectivity index (χ4n) is 1.61. The van der Waals surface area contributed by atoms with E-state index in [2.05, 4.69) is 27.7 Å². The van der Waals surface area contributed by atoms with Crippen LogP contribution in [-0.4, -0.2) is 15.6 Å². The molecule has 2 rings (SSSR count). The number of carbonyl (C=O) groups excluding carboxylic acids is 1. The first-order valence-corrected chi connectivity index (χ1v) is 6.46. The number of hydrogen-bond acceptors (Lipinski definition) is 2. The summed E-state index contributed by atoms with van der Waals surface area (Å²) in [6, 6.07) is 7.37. The third kappa shape index (κ3) is 2.74. The van der Waals surface area contributed by atoms with E-state index in [1.807, 2.05) is 44.3 Å². The summed E-state index contributed by atoms with van der Waals surface area (Å²) in [6.07, 6.45) is 3.62. The summed E-state index contributed by atoms with van der Waals surface area (Å²) in [5.41, 5.74) is 1.89. The minimum absolute atomic E-state index is 0.0875. The molecule has 0 aliphatic rings. The molecule has 88 valence electrons. The Bertz CT molecular complexity index is 531. The fraction of sp³-hybridized carbons (Fsp3) is 0.231. The molecule has 0 fully saturated rings. The van der Waals surface area contributed by atoms with Gasteiger partial charge in [-0.05, 0) is 36.4 Å². The molecule has 0 radical (unpaired) electrons. The second kappa shape index (κ2) is 5.00. The monoisotopic (exact) mass is 340 g/mol. The quantitative estimate of drug-likeness (QED) is 0.635. The van der Waals surface area contributed by atoms with Gasteiger partial charge in [0.25, 0.3) is 0 Å². The third-order valence-electron chi connectivity index (χ3n) is 2.68. The summed E-state index contributed by atoms with van der Waals surface area (Å²) in [5, 5.41) is 4.17. The van der Waals surface area contributed by atoms with E-state index < -0.39 is 0 Å². The molecular weight excluding hydrogens is 327 g/mol. The van der Waals surface area contributed by atoms with E-state index in [1.54, 1.807) is 10.9 Å². The Morgan fingerprint density at radius 1 is 1.35 bits per heavy atom. The maximum atomic E-state index is 12.2. The number of ketones is 1. The Balaban J connectivity index is 2.23. The number of rotatable bonds is 3. The van der Waals surface area contributed by atoms with Crippen molar-refractivity contribution in [2.24, 2.45) is 0 Å². The summed E-state index contributed by atoms with van der Waals surface area (Å²) >= 11 is 2.18. The Labute approximate surface area is 114 Å². The van der Waals surface area contributed by atoms with Crippen molar-refractivity contribution in [3.05, 3.63) is 51.4 Å². The summed E-state index contributed by atoms with van der Waals surface area (Å²) < 4.78 is 2.73. The van der Waals surface area contributed by atoms with Crippen LogP contribution in [0.25, 0.3) is 0 Å². The van der Waals surface area contributed by atoms with Gasteiger partial charge in [-0.15, -0.1) is 0 Å². The fourth-order valence-corrected chi connectivity index (χ4v) is 2.02. The molecule has 1 heterocycles. The Morgan fingerprint density at radius 2 is 2.00 bits per heavy atom. The lowest BCUT2D eigenvalue weighted by Crippen LogP contribution is -2.17. The van der Waals surface area contributed by atoms with Crippen molar-refractivity contribution in [2.45, 2.75) is 19.9 Å². The normalized spacial score (nSPS) is 12.4. The van der Waals surface area contributed by atoms with Crippen LogP contribution in [0, 0.1) is 10.5 Å². The van der Waals surface area contributed by atoms with Crippen LogP contribution in [0.1, 0.15) is 28.9 Å². The number of aromatic nitrogens is 2. The highest BCUT2D eigenvalue weighted by molar-refractivity contribution is 14.1. The predicted molar refractivity (Wildman–Crippen MR) is 75.2 cm³/mol. The van der Waals surface area contributed by atoms with E-state index >= 15 is 0 Å². The van der Waals surface area contributed by atoms with Crippen LogP contribution in [0.15, 0.2) is 36.7 Å². The summed E-state index contributed by atoms with van der Waals surface area (Å²) in [4.78, 5) is 12.2. The van der Waals surface area contributed by atoms with Crippen LogP contribution in [0.5, 0.6) is 0 Å². The van der Waals surface area contributed by atoms with Crippen molar-refractivity contribution in [3.8, 4) is 0 Å². The van der Waals surface area contributed by atoms with Gasteiger partial charge in [0, 0.05) is 11.8 Å². The lowest BCUT2D eigenvalue weighted by atomic mass is 10.0.